The first-order chi connectivity index (χ1) is 14.3. The van der Waals surface area contributed by atoms with Gasteiger partial charge in [-0.15, -0.1) is 11.3 Å². The number of thiophene rings is 1. The molecule has 1 N–H and O–H groups in total. The number of hydrogen-bond acceptors (Lipinski definition) is 5. The van der Waals surface area contributed by atoms with Gasteiger partial charge in [0.05, 0.1) is 16.0 Å². The van der Waals surface area contributed by atoms with Gasteiger partial charge in [0.2, 0.25) is 0 Å². The molecule has 0 amide bonds. The Labute approximate surface area is 172 Å². The third kappa shape index (κ3) is 3.50. The van der Waals surface area contributed by atoms with E-state index in [-0.39, 0.29) is 0 Å². The van der Waals surface area contributed by atoms with Crippen molar-refractivity contribution in [3.8, 4) is 22.0 Å². The van der Waals surface area contributed by atoms with Crippen LogP contribution >= 0.6 is 11.3 Å². The first-order valence-electron chi connectivity index (χ1n) is 9.39. The van der Waals surface area contributed by atoms with Crippen LogP contribution in [0.1, 0.15) is 5.56 Å². The Morgan fingerprint density at radius 3 is 2.52 bits per heavy atom. The number of hydrogen-bond donors (Lipinski definition) is 1. The topological polar surface area (TPSA) is 55.6 Å². The third-order valence-corrected chi connectivity index (χ3v) is 5.84. The van der Waals surface area contributed by atoms with Gasteiger partial charge in [0.15, 0.2) is 5.82 Å². The van der Waals surface area contributed by atoms with Gasteiger partial charge in [-0.1, -0.05) is 60.7 Å². The van der Waals surface area contributed by atoms with Crippen LogP contribution in [0.5, 0.6) is 0 Å². The molecular formula is C23H19N5S. The highest BCUT2D eigenvalue weighted by Gasteiger charge is 2.15. The summed E-state index contributed by atoms with van der Waals surface area (Å²) in [5, 5.41) is 4.46. The Morgan fingerprint density at radius 2 is 1.72 bits per heavy atom. The van der Waals surface area contributed by atoms with Gasteiger partial charge >= 0.3 is 0 Å². The van der Waals surface area contributed by atoms with E-state index >= 15 is 0 Å². The molecule has 2 aromatic carbocycles. The van der Waals surface area contributed by atoms with E-state index in [0.29, 0.717) is 0 Å². The highest BCUT2D eigenvalue weighted by atomic mass is 32.1. The molecule has 0 aliphatic heterocycles. The normalized spacial score (nSPS) is 11.1. The smallest absolute Gasteiger partial charge is 0.150 e. The fourth-order valence-corrected chi connectivity index (χ4v) is 4.36. The summed E-state index contributed by atoms with van der Waals surface area (Å²) >= 11 is 1.63. The zero-order valence-electron chi connectivity index (χ0n) is 15.9. The van der Waals surface area contributed by atoms with E-state index in [1.807, 2.05) is 43.4 Å². The first-order valence-corrected chi connectivity index (χ1v) is 10.2. The van der Waals surface area contributed by atoms with Crippen LogP contribution in [0.4, 0.5) is 5.82 Å². The number of anilines is 1. The van der Waals surface area contributed by atoms with Gasteiger partial charge in [-0.3, -0.25) is 0 Å². The van der Waals surface area contributed by atoms with Crippen LogP contribution < -0.4 is 5.32 Å². The lowest BCUT2D eigenvalue weighted by atomic mass is 10.2. The lowest BCUT2D eigenvalue weighted by Gasteiger charge is -2.06. The van der Waals surface area contributed by atoms with Gasteiger partial charge in [-0.05, 0) is 11.6 Å². The molecule has 3 aromatic heterocycles. The molecule has 0 aliphatic rings. The SMILES string of the molecule is Cn1cc(-c2ccccc2)nc1-c1cc2c(NCc3ccccc3)ncnc2s1. The minimum atomic E-state index is 0.721. The standard InChI is InChI=1S/C23H19N5S/c1-28-14-19(17-10-6-3-7-11-17)27-22(28)20-12-18-21(25-15-26-23(18)29-20)24-13-16-8-4-2-5-9-16/h2-12,14-15H,13H2,1H3,(H,24,25,26). The molecule has 0 radical (unpaired) electrons. The van der Waals surface area contributed by atoms with E-state index in [4.69, 9.17) is 4.98 Å². The summed E-state index contributed by atoms with van der Waals surface area (Å²) in [4.78, 5) is 15.8. The molecule has 5 rings (SSSR count). The van der Waals surface area contributed by atoms with E-state index in [1.54, 1.807) is 17.7 Å². The fraction of sp³-hybridized carbons (Fsp3) is 0.0870. The van der Waals surface area contributed by atoms with Crippen molar-refractivity contribution in [1.82, 2.24) is 19.5 Å². The fourth-order valence-electron chi connectivity index (χ4n) is 3.33. The maximum Gasteiger partial charge on any atom is 0.150 e. The van der Waals surface area contributed by atoms with E-state index in [1.165, 1.54) is 5.56 Å². The van der Waals surface area contributed by atoms with Crippen LogP contribution in [-0.4, -0.2) is 19.5 Å². The summed E-state index contributed by atoms with van der Waals surface area (Å²) in [7, 11) is 2.03. The summed E-state index contributed by atoms with van der Waals surface area (Å²) in [6.45, 7) is 0.721. The number of nitrogens with zero attached hydrogens (tertiary/aromatic N) is 4. The van der Waals surface area contributed by atoms with Crippen molar-refractivity contribution in [2.45, 2.75) is 6.54 Å². The van der Waals surface area contributed by atoms with Crippen molar-refractivity contribution in [2.75, 3.05) is 5.32 Å². The molecule has 0 bridgehead atoms. The summed E-state index contributed by atoms with van der Waals surface area (Å²) in [6.07, 6.45) is 3.68. The molecule has 5 aromatic rings. The van der Waals surface area contributed by atoms with Crippen molar-refractivity contribution in [3.63, 3.8) is 0 Å². The Balaban J connectivity index is 1.48. The second-order valence-corrected chi connectivity index (χ2v) is 7.85. The van der Waals surface area contributed by atoms with E-state index in [2.05, 4.69) is 56.4 Å². The van der Waals surface area contributed by atoms with Gasteiger partial charge in [0.25, 0.3) is 0 Å². The van der Waals surface area contributed by atoms with Crippen molar-refractivity contribution in [2.24, 2.45) is 7.05 Å². The van der Waals surface area contributed by atoms with Crippen LogP contribution in [0.15, 0.2) is 79.3 Å². The molecular weight excluding hydrogens is 378 g/mol. The van der Waals surface area contributed by atoms with Gasteiger partial charge in [-0.25, -0.2) is 15.0 Å². The number of rotatable bonds is 5. The van der Waals surface area contributed by atoms with Crippen LogP contribution in [0.3, 0.4) is 0 Å². The predicted molar refractivity (Wildman–Crippen MR) is 119 cm³/mol. The van der Waals surface area contributed by atoms with Gasteiger partial charge in [0.1, 0.15) is 17.0 Å². The molecule has 5 nitrogen and oxygen atoms in total. The minimum Gasteiger partial charge on any atom is -0.365 e. The zero-order chi connectivity index (χ0) is 19.6. The summed E-state index contributed by atoms with van der Waals surface area (Å²) in [6, 6.07) is 22.7. The molecule has 0 unspecified atom stereocenters. The average Bonchev–Trinajstić information content (AvgIpc) is 3.37. The molecule has 0 spiro atoms. The molecule has 0 saturated heterocycles. The first kappa shape index (κ1) is 17.6. The van der Waals surface area contributed by atoms with E-state index < -0.39 is 0 Å². The maximum absolute atomic E-state index is 4.87. The number of fused-ring (bicyclic) bond motifs is 1. The number of aryl methyl sites for hydroxylation is 1. The largest absolute Gasteiger partial charge is 0.365 e. The Kier molecular flexibility index (Phi) is 4.54. The van der Waals surface area contributed by atoms with Crippen molar-refractivity contribution < 1.29 is 0 Å². The van der Waals surface area contributed by atoms with Crippen molar-refractivity contribution in [1.29, 1.82) is 0 Å². The Morgan fingerprint density at radius 1 is 0.966 bits per heavy atom. The van der Waals surface area contributed by atoms with Gasteiger partial charge < -0.3 is 9.88 Å². The molecule has 6 heteroatoms. The Hall–Kier alpha value is -3.51. The summed E-state index contributed by atoms with van der Waals surface area (Å²) in [5.74, 6) is 1.78. The number of imidazole rings is 1. The monoisotopic (exact) mass is 397 g/mol. The Bertz CT molecular complexity index is 1260. The number of benzene rings is 2. The molecule has 29 heavy (non-hydrogen) atoms. The molecule has 0 atom stereocenters. The highest BCUT2D eigenvalue weighted by Crippen LogP contribution is 2.35. The van der Waals surface area contributed by atoms with Gasteiger partial charge in [0, 0.05) is 25.4 Å². The van der Waals surface area contributed by atoms with E-state index in [9.17, 15) is 0 Å². The van der Waals surface area contributed by atoms with Crippen LogP contribution in [-0.2, 0) is 13.6 Å². The highest BCUT2D eigenvalue weighted by molar-refractivity contribution is 7.21. The van der Waals surface area contributed by atoms with Crippen LogP contribution in [0, 0.1) is 0 Å². The zero-order valence-corrected chi connectivity index (χ0v) is 16.7. The second kappa shape index (κ2) is 7.48. The lowest BCUT2D eigenvalue weighted by molar-refractivity contribution is 0.928. The molecule has 0 fully saturated rings. The van der Waals surface area contributed by atoms with Crippen molar-refractivity contribution >= 4 is 27.4 Å². The molecule has 3 heterocycles. The quantitative estimate of drug-likeness (QED) is 0.433. The third-order valence-electron chi connectivity index (χ3n) is 4.80. The summed E-state index contributed by atoms with van der Waals surface area (Å²) in [5.41, 5.74) is 3.29. The maximum atomic E-state index is 4.87. The van der Waals surface area contributed by atoms with Crippen LogP contribution in [0.25, 0.3) is 32.2 Å². The minimum absolute atomic E-state index is 0.721. The lowest BCUT2D eigenvalue weighted by Crippen LogP contribution is -2.01. The van der Waals surface area contributed by atoms with E-state index in [0.717, 1.165) is 44.5 Å². The van der Waals surface area contributed by atoms with Crippen LogP contribution in [0.2, 0.25) is 0 Å². The van der Waals surface area contributed by atoms with Gasteiger partial charge in [-0.2, -0.15) is 0 Å². The molecule has 0 saturated carbocycles. The molecule has 142 valence electrons. The average molecular weight is 398 g/mol. The molecule has 0 aliphatic carbocycles. The van der Waals surface area contributed by atoms with Crippen molar-refractivity contribution in [3.05, 3.63) is 84.8 Å². The summed E-state index contributed by atoms with van der Waals surface area (Å²) < 4.78 is 2.07. The number of aromatic nitrogens is 4. The predicted octanol–water partition coefficient (Wildman–Crippen LogP) is 5.37. The second-order valence-electron chi connectivity index (χ2n) is 6.82. The number of nitrogens with one attached hydrogen (secondary N) is 1.